The molecule has 3 N–H and O–H groups in total. The van der Waals surface area contributed by atoms with E-state index in [-0.39, 0.29) is 16.5 Å². The number of carbonyl (C=O) groups is 3. The summed E-state index contributed by atoms with van der Waals surface area (Å²) < 4.78 is 5.09. The molecule has 1 aliphatic rings. The normalized spacial score (nSPS) is 16.6. The first-order chi connectivity index (χ1) is 12.7. The lowest BCUT2D eigenvalue weighted by atomic mass is 10.0. The van der Waals surface area contributed by atoms with Gasteiger partial charge in [0.2, 0.25) is 5.91 Å². The Hall–Kier alpha value is -2.85. The summed E-state index contributed by atoms with van der Waals surface area (Å²) in [5.41, 5.74) is 5.66. The van der Waals surface area contributed by atoms with Crippen molar-refractivity contribution in [3.63, 3.8) is 0 Å². The molecule has 10 heteroatoms. The van der Waals surface area contributed by atoms with Gasteiger partial charge >= 0.3 is 5.97 Å². The first-order valence-electron chi connectivity index (χ1n) is 8.45. The Bertz CT molecular complexity index is 721. The van der Waals surface area contributed by atoms with E-state index in [1.807, 2.05) is 0 Å². The van der Waals surface area contributed by atoms with Crippen molar-refractivity contribution in [1.29, 1.82) is 0 Å². The van der Waals surface area contributed by atoms with Crippen LogP contribution in [0.2, 0.25) is 0 Å². The molecule has 1 aliphatic heterocycles. The maximum atomic E-state index is 12.4. The van der Waals surface area contributed by atoms with Crippen LogP contribution in [0.15, 0.2) is 18.2 Å². The minimum Gasteiger partial charge on any atom is -0.733 e. The van der Waals surface area contributed by atoms with Crippen LogP contribution in [-0.4, -0.2) is 61.2 Å². The van der Waals surface area contributed by atoms with Crippen LogP contribution < -0.4 is 15.9 Å². The van der Waals surface area contributed by atoms with Crippen LogP contribution in [0, 0.1) is 5.21 Å². The van der Waals surface area contributed by atoms with Crippen LogP contribution in [0.5, 0.6) is 0 Å². The molecule has 0 saturated carbocycles. The third-order valence-corrected chi connectivity index (χ3v) is 4.38. The Morgan fingerprint density at radius 2 is 2.04 bits per heavy atom. The highest BCUT2D eigenvalue weighted by Crippen LogP contribution is 2.25. The number of amides is 2. The number of likely N-dealkylation sites (tertiary alicyclic amines) is 1. The molecule has 0 unspecified atom stereocenters. The highest BCUT2D eigenvalue weighted by Gasteiger charge is 2.31. The largest absolute Gasteiger partial charge is 0.733 e. The van der Waals surface area contributed by atoms with Gasteiger partial charge < -0.3 is 30.7 Å². The molecule has 0 spiro atoms. The van der Waals surface area contributed by atoms with Gasteiger partial charge in [0.1, 0.15) is 6.04 Å². The number of piperidine rings is 1. The molecule has 0 aromatic heterocycles. The first-order valence-corrected chi connectivity index (χ1v) is 8.45. The summed E-state index contributed by atoms with van der Waals surface area (Å²) in [5.74, 6) is -1.93. The van der Waals surface area contributed by atoms with E-state index in [9.17, 15) is 19.6 Å². The van der Waals surface area contributed by atoms with Crippen molar-refractivity contribution in [3.8, 4) is 0 Å². The van der Waals surface area contributed by atoms with Crippen LogP contribution >= 0.6 is 0 Å². The van der Waals surface area contributed by atoms with Gasteiger partial charge in [-0.15, -0.1) is 0 Å². The predicted octanol–water partition coefficient (Wildman–Crippen LogP) is 0.469. The minimum atomic E-state index is -0.830. The fourth-order valence-corrected chi connectivity index (χ4v) is 3.01. The van der Waals surface area contributed by atoms with E-state index in [0.29, 0.717) is 18.7 Å². The third kappa shape index (κ3) is 4.86. The van der Waals surface area contributed by atoms with Crippen LogP contribution in [0.25, 0.3) is 0 Å². The molecule has 1 saturated heterocycles. The van der Waals surface area contributed by atoms with Gasteiger partial charge in [-0.1, -0.05) is 0 Å². The molecule has 1 aromatic carbocycles. The molecular weight excluding hydrogens is 356 g/mol. The molecule has 1 heterocycles. The molecule has 1 atom stereocenters. The van der Waals surface area contributed by atoms with Gasteiger partial charge in [-0.2, -0.15) is 0 Å². The van der Waals surface area contributed by atoms with Gasteiger partial charge in [0.05, 0.1) is 16.9 Å². The highest BCUT2D eigenvalue weighted by molar-refractivity contribution is 5.98. The average Bonchev–Trinajstić information content (AvgIpc) is 2.65. The number of primary amides is 1. The summed E-state index contributed by atoms with van der Waals surface area (Å²) >= 11 is 0. The van der Waals surface area contributed by atoms with Crippen LogP contribution in [0.4, 0.5) is 11.4 Å². The third-order valence-electron chi connectivity index (χ3n) is 4.38. The highest BCUT2D eigenvalue weighted by atomic mass is 16.8. The minimum absolute atomic E-state index is 0.0188. The second kappa shape index (κ2) is 8.69. The summed E-state index contributed by atoms with van der Waals surface area (Å²) in [5, 5.41) is 19.7. The summed E-state index contributed by atoms with van der Waals surface area (Å²) in [7, 11) is 3.38. The Morgan fingerprint density at radius 3 is 2.63 bits per heavy atom. The zero-order valence-corrected chi connectivity index (χ0v) is 15.3. The first kappa shape index (κ1) is 20.5. The number of nitrogens with two attached hydrogens (primary N) is 1. The van der Waals surface area contributed by atoms with Gasteiger partial charge in [0.25, 0.3) is 5.91 Å². The topological polar surface area (TPSA) is 139 Å². The molecule has 0 bridgehead atoms. The van der Waals surface area contributed by atoms with E-state index >= 15 is 0 Å². The van der Waals surface area contributed by atoms with Crippen molar-refractivity contribution < 1.29 is 24.3 Å². The Kier molecular flexibility index (Phi) is 6.59. The van der Waals surface area contributed by atoms with E-state index in [1.54, 1.807) is 19.0 Å². The smallest absolute Gasteiger partial charge is 0.340 e. The average molecular weight is 379 g/mol. The SMILES string of the molecule is CN(C)c1ccc(N([O-])O)cc1C(=O)OCC(=O)N1CCCC[C@@H]1C(N)=O. The second-order valence-corrected chi connectivity index (χ2v) is 6.45. The van der Waals surface area contributed by atoms with Gasteiger partial charge in [0, 0.05) is 20.6 Å². The number of carbonyl (C=O) groups excluding carboxylic acids is 3. The summed E-state index contributed by atoms with van der Waals surface area (Å²) in [6.07, 6.45) is 2.02. The number of esters is 1. The lowest BCUT2D eigenvalue weighted by molar-refractivity contribution is -0.143. The van der Waals surface area contributed by atoms with Crippen molar-refractivity contribution >= 4 is 29.2 Å². The van der Waals surface area contributed by atoms with Crippen LogP contribution in [-0.2, 0) is 14.3 Å². The number of anilines is 2. The lowest BCUT2D eigenvalue weighted by Crippen LogP contribution is -2.51. The van der Waals surface area contributed by atoms with Gasteiger partial charge in [-0.25, -0.2) is 4.79 Å². The summed E-state index contributed by atoms with van der Waals surface area (Å²) in [4.78, 5) is 39.3. The molecule has 1 aromatic rings. The number of hydrogen-bond donors (Lipinski definition) is 2. The molecule has 0 radical (unpaired) electrons. The summed E-state index contributed by atoms with van der Waals surface area (Å²) in [6.45, 7) is -0.183. The van der Waals surface area contributed by atoms with Gasteiger partial charge in [-0.3, -0.25) is 14.8 Å². The van der Waals surface area contributed by atoms with Crippen LogP contribution in [0.1, 0.15) is 29.6 Å². The Balaban J connectivity index is 2.11. The maximum Gasteiger partial charge on any atom is 0.340 e. The maximum absolute atomic E-state index is 12.4. The quantitative estimate of drug-likeness (QED) is 0.537. The fourth-order valence-electron chi connectivity index (χ4n) is 3.01. The van der Waals surface area contributed by atoms with Crippen molar-refractivity contribution in [2.24, 2.45) is 5.73 Å². The van der Waals surface area contributed by atoms with E-state index in [2.05, 4.69) is 0 Å². The van der Waals surface area contributed by atoms with E-state index in [0.717, 1.165) is 12.8 Å². The Morgan fingerprint density at radius 1 is 1.33 bits per heavy atom. The Labute approximate surface area is 156 Å². The molecule has 0 aliphatic carbocycles. The van der Waals surface area contributed by atoms with Gasteiger partial charge in [-0.05, 0) is 37.5 Å². The van der Waals surface area contributed by atoms with Crippen molar-refractivity contribution in [2.75, 3.05) is 37.4 Å². The number of benzene rings is 1. The van der Waals surface area contributed by atoms with Crippen LogP contribution in [0.3, 0.4) is 0 Å². The zero-order chi connectivity index (χ0) is 20.1. The van der Waals surface area contributed by atoms with E-state index in [1.165, 1.54) is 23.1 Å². The van der Waals surface area contributed by atoms with E-state index in [4.69, 9.17) is 15.7 Å². The molecular formula is C17H23N4O6-. The molecule has 2 rings (SSSR count). The number of hydrogen-bond acceptors (Lipinski definition) is 8. The second-order valence-electron chi connectivity index (χ2n) is 6.45. The lowest BCUT2D eigenvalue weighted by Gasteiger charge is -2.33. The number of rotatable bonds is 6. The summed E-state index contributed by atoms with van der Waals surface area (Å²) in [6, 6.07) is 3.29. The molecule has 1 fully saturated rings. The van der Waals surface area contributed by atoms with Gasteiger partial charge in [0.15, 0.2) is 6.61 Å². The van der Waals surface area contributed by atoms with Crippen molar-refractivity contribution in [3.05, 3.63) is 29.0 Å². The van der Waals surface area contributed by atoms with Crippen molar-refractivity contribution in [1.82, 2.24) is 4.90 Å². The fraction of sp³-hybridized carbons (Fsp3) is 0.471. The van der Waals surface area contributed by atoms with Crippen molar-refractivity contribution in [2.45, 2.75) is 25.3 Å². The predicted molar refractivity (Wildman–Crippen MR) is 97.2 cm³/mol. The molecule has 27 heavy (non-hydrogen) atoms. The standard InChI is InChI=1S/C17H23N4O6/c1-19(2)13-7-6-11(21(25)26)9-12(13)17(24)27-10-15(22)20-8-4-3-5-14(20)16(18)23/h6-7,9,14,25H,3-5,8,10H2,1-2H3,(H2,18,23)/q-1/t14-/m1/s1. The molecule has 2 amide bonds. The monoisotopic (exact) mass is 379 g/mol. The number of ether oxygens (including phenoxy) is 1. The molecule has 10 nitrogen and oxygen atoms in total. The number of nitrogens with zero attached hydrogens (tertiary/aromatic N) is 3. The van der Waals surface area contributed by atoms with E-state index < -0.39 is 30.4 Å². The zero-order valence-electron chi connectivity index (χ0n) is 15.3. The molecule has 148 valence electrons.